The summed E-state index contributed by atoms with van der Waals surface area (Å²) in [6, 6.07) is 8.41. The summed E-state index contributed by atoms with van der Waals surface area (Å²) in [5.41, 5.74) is 1.31. The predicted molar refractivity (Wildman–Crippen MR) is 70.0 cm³/mol. The molecule has 1 aromatic rings. The zero-order valence-corrected chi connectivity index (χ0v) is 11.0. The van der Waals surface area contributed by atoms with Crippen molar-refractivity contribution >= 4 is 21.8 Å². The lowest BCUT2D eigenvalue weighted by molar-refractivity contribution is 0.250. The lowest BCUT2D eigenvalue weighted by Gasteiger charge is -2.22. The van der Waals surface area contributed by atoms with Crippen molar-refractivity contribution in [3.8, 4) is 0 Å². The number of rotatable bonds is 3. The number of benzene rings is 1. The molecule has 0 saturated heterocycles. The van der Waals surface area contributed by atoms with Crippen molar-refractivity contribution in [2.45, 2.75) is 25.7 Å². The van der Waals surface area contributed by atoms with Gasteiger partial charge in [-0.25, -0.2) is 0 Å². The highest BCUT2D eigenvalue weighted by Crippen LogP contribution is 2.22. The van der Waals surface area contributed by atoms with E-state index < -0.39 is 0 Å². The SMILES string of the molecule is CCCC1=NCC(c2ccc(Br)cc2)CO1. The van der Waals surface area contributed by atoms with Gasteiger partial charge in [-0.2, -0.15) is 0 Å². The maximum atomic E-state index is 5.65. The van der Waals surface area contributed by atoms with E-state index in [-0.39, 0.29) is 0 Å². The van der Waals surface area contributed by atoms with Gasteiger partial charge in [0, 0.05) is 16.8 Å². The van der Waals surface area contributed by atoms with Crippen LogP contribution >= 0.6 is 15.9 Å². The normalized spacial score (nSPS) is 20.1. The Morgan fingerprint density at radius 2 is 2.12 bits per heavy atom. The quantitative estimate of drug-likeness (QED) is 0.827. The second-order valence-electron chi connectivity index (χ2n) is 4.04. The summed E-state index contributed by atoms with van der Waals surface area (Å²) < 4.78 is 6.77. The van der Waals surface area contributed by atoms with Crippen LogP contribution in [0.2, 0.25) is 0 Å². The molecular weight excluding hydrogens is 266 g/mol. The minimum atomic E-state index is 0.411. The standard InChI is InChI=1S/C13H16BrNO/c1-2-3-13-15-8-11(9-16-13)10-4-6-12(14)7-5-10/h4-7,11H,2-3,8-9H2,1H3. The fraction of sp³-hybridized carbons (Fsp3) is 0.462. The Kier molecular flexibility index (Phi) is 3.99. The predicted octanol–water partition coefficient (Wildman–Crippen LogP) is 3.76. The summed E-state index contributed by atoms with van der Waals surface area (Å²) in [5, 5.41) is 0. The summed E-state index contributed by atoms with van der Waals surface area (Å²) in [6.07, 6.45) is 2.06. The van der Waals surface area contributed by atoms with Gasteiger partial charge in [-0.05, 0) is 24.1 Å². The average Bonchev–Trinajstić information content (AvgIpc) is 2.32. The van der Waals surface area contributed by atoms with Crippen molar-refractivity contribution in [2.24, 2.45) is 4.99 Å². The maximum absolute atomic E-state index is 5.65. The average molecular weight is 282 g/mol. The molecule has 2 rings (SSSR count). The van der Waals surface area contributed by atoms with Gasteiger partial charge in [-0.3, -0.25) is 4.99 Å². The molecule has 0 amide bonds. The number of aliphatic imine (C=N–C) groups is 1. The zero-order chi connectivity index (χ0) is 11.4. The third-order valence-electron chi connectivity index (χ3n) is 2.74. The number of hydrogen-bond donors (Lipinski definition) is 0. The van der Waals surface area contributed by atoms with Gasteiger partial charge in [-0.1, -0.05) is 35.0 Å². The molecule has 0 bridgehead atoms. The number of halogens is 1. The van der Waals surface area contributed by atoms with Crippen LogP contribution in [0.5, 0.6) is 0 Å². The molecule has 0 saturated carbocycles. The molecule has 0 aromatic heterocycles. The first-order valence-corrected chi connectivity index (χ1v) is 6.50. The maximum Gasteiger partial charge on any atom is 0.183 e. The summed E-state index contributed by atoms with van der Waals surface area (Å²) in [6.45, 7) is 3.77. The van der Waals surface area contributed by atoms with Crippen molar-refractivity contribution in [3.63, 3.8) is 0 Å². The van der Waals surface area contributed by atoms with E-state index in [1.54, 1.807) is 0 Å². The molecule has 0 radical (unpaired) electrons. The molecule has 0 fully saturated rings. The van der Waals surface area contributed by atoms with Gasteiger partial charge in [0.1, 0.15) is 0 Å². The first kappa shape index (κ1) is 11.6. The number of hydrogen-bond acceptors (Lipinski definition) is 2. The van der Waals surface area contributed by atoms with Crippen LogP contribution in [0.15, 0.2) is 33.7 Å². The molecule has 0 spiro atoms. The molecule has 1 atom stereocenters. The van der Waals surface area contributed by atoms with Gasteiger partial charge < -0.3 is 4.74 Å². The highest BCUT2D eigenvalue weighted by molar-refractivity contribution is 9.10. The summed E-state index contributed by atoms with van der Waals surface area (Å²) in [5.74, 6) is 1.34. The highest BCUT2D eigenvalue weighted by Gasteiger charge is 2.17. The summed E-state index contributed by atoms with van der Waals surface area (Å²) in [4.78, 5) is 4.48. The molecule has 1 heterocycles. The van der Waals surface area contributed by atoms with Crippen LogP contribution in [0, 0.1) is 0 Å². The second-order valence-corrected chi connectivity index (χ2v) is 4.96. The Balaban J connectivity index is 2.01. The lowest BCUT2D eigenvalue weighted by atomic mass is 9.99. The Bertz CT molecular complexity index is 372. The third-order valence-corrected chi connectivity index (χ3v) is 3.27. The third kappa shape index (κ3) is 2.85. The fourth-order valence-electron chi connectivity index (χ4n) is 1.81. The number of ether oxygens (including phenoxy) is 1. The fourth-order valence-corrected chi connectivity index (χ4v) is 2.07. The van der Waals surface area contributed by atoms with Gasteiger partial charge in [0.25, 0.3) is 0 Å². The van der Waals surface area contributed by atoms with E-state index in [0.29, 0.717) is 5.92 Å². The van der Waals surface area contributed by atoms with Gasteiger partial charge in [-0.15, -0.1) is 0 Å². The molecule has 16 heavy (non-hydrogen) atoms. The van der Waals surface area contributed by atoms with E-state index in [0.717, 1.165) is 36.4 Å². The van der Waals surface area contributed by atoms with E-state index in [9.17, 15) is 0 Å². The second kappa shape index (κ2) is 5.48. The van der Waals surface area contributed by atoms with E-state index in [2.05, 4.69) is 52.1 Å². The van der Waals surface area contributed by atoms with Crippen LogP contribution in [-0.2, 0) is 4.74 Å². The van der Waals surface area contributed by atoms with E-state index in [1.165, 1.54) is 5.56 Å². The van der Waals surface area contributed by atoms with Gasteiger partial charge >= 0.3 is 0 Å². The molecule has 2 nitrogen and oxygen atoms in total. The largest absolute Gasteiger partial charge is 0.480 e. The molecule has 86 valence electrons. The molecule has 3 heteroatoms. The molecule has 1 aliphatic rings. The monoisotopic (exact) mass is 281 g/mol. The summed E-state index contributed by atoms with van der Waals surface area (Å²) in [7, 11) is 0. The molecule has 1 unspecified atom stereocenters. The van der Waals surface area contributed by atoms with Crippen LogP contribution in [-0.4, -0.2) is 19.0 Å². The zero-order valence-electron chi connectivity index (χ0n) is 9.45. The molecule has 0 aliphatic carbocycles. The first-order valence-electron chi connectivity index (χ1n) is 5.71. The first-order chi connectivity index (χ1) is 7.79. The van der Waals surface area contributed by atoms with Gasteiger partial charge in [0.15, 0.2) is 5.90 Å². The van der Waals surface area contributed by atoms with Crippen molar-refractivity contribution in [1.29, 1.82) is 0 Å². The Labute approximate surface area is 105 Å². The molecule has 1 aromatic carbocycles. The number of nitrogens with zero attached hydrogens (tertiary/aromatic N) is 1. The minimum absolute atomic E-state index is 0.411. The van der Waals surface area contributed by atoms with Crippen molar-refractivity contribution < 1.29 is 4.74 Å². The van der Waals surface area contributed by atoms with E-state index in [1.807, 2.05) is 0 Å². The van der Waals surface area contributed by atoms with E-state index in [4.69, 9.17) is 4.74 Å². The Morgan fingerprint density at radius 3 is 2.69 bits per heavy atom. The summed E-state index contributed by atoms with van der Waals surface area (Å²) >= 11 is 3.44. The van der Waals surface area contributed by atoms with Crippen molar-refractivity contribution in [3.05, 3.63) is 34.3 Å². The van der Waals surface area contributed by atoms with Crippen LogP contribution in [0.3, 0.4) is 0 Å². The Morgan fingerprint density at radius 1 is 1.38 bits per heavy atom. The van der Waals surface area contributed by atoms with Crippen LogP contribution in [0.4, 0.5) is 0 Å². The van der Waals surface area contributed by atoms with Crippen LogP contribution in [0.25, 0.3) is 0 Å². The van der Waals surface area contributed by atoms with Crippen LogP contribution in [0.1, 0.15) is 31.2 Å². The van der Waals surface area contributed by atoms with Gasteiger partial charge in [0.2, 0.25) is 0 Å². The van der Waals surface area contributed by atoms with Gasteiger partial charge in [0.05, 0.1) is 13.2 Å². The minimum Gasteiger partial charge on any atom is -0.480 e. The van der Waals surface area contributed by atoms with Crippen molar-refractivity contribution in [1.82, 2.24) is 0 Å². The smallest absolute Gasteiger partial charge is 0.183 e. The highest BCUT2D eigenvalue weighted by atomic mass is 79.9. The van der Waals surface area contributed by atoms with Crippen molar-refractivity contribution in [2.75, 3.05) is 13.2 Å². The van der Waals surface area contributed by atoms with Crippen LogP contribution < -0.4 is 0 Å². The van der Waals surface area contributed by atoms with E-state index >= 15 is 0 Å². The molecular formula is C13H16BrNO. The molecule has 1 aliphatic heterocycles. The Hall–Kier alpha value is -0.830. The topological polar surface area (TPSA) is 21.6 Å². The molecule has 0 N–H and O–H groups in total. The lowest BCUT2D eigenvalue weighted by Crippen LogP contribution is -2.21.